The fraction of sp³-hybridized carbons (Fsp3) is 0.231. The van der Waals surface area contributed by atoms with Gasteiger partial charge in [0.25, 0.3) is 0 Å². The smallest absolute Gasteiger partial charge is 0.335 e. The Morgan fingerprint density at radius 2 is 2.11 bits per heavy atom. The SMILES string of the molecule is Cc1nccn1CCSc1ccc(C(=O)O)cc1. The minimum Gasteiger partial charge on any atom is -0.478 e. The highest BCUT2D eigenvalue weighted by atomic mass is 32.2. The van der Waals surface area contributed by atoms with Gasteiger partial charge in [-0.05, 0) is 31.2 Å². The molecule has 18 heavy (non-hydrogen) atoms. The fourth-order valence-electron chi connectivity index (χ4n) is 1.60. The number of aromatic nitrogens is 2. The van der Waals surface area contributed by atoms with Gasteiger partial charge >= 0.3 is 5.97 Å². The molecule has 1 heterocycles. The van der Waals surface area contributed by atoms with Crippen LogP contribution in [-0.2, 0) is 6.54 Å². The second-order valence-corrected chi connectivity index (χ2v) is 5.01. The van der Waals surface area contributed by atoms with E-state index in [2.05, 4.69) is 9.55 Å². The Bertz CT molecular complexity index is 534. The van der Waals surface area contributed by atoms with E-state index in [-0.39, 0.29) is 0 Å². The number of imidazole rings is 1. The average molecular weight is 262 g/mol. The lowest BCUT2D eigenvalue weighted by Crippen LogP contribution is -2.01. The van der Waals surface area contributed by atoms with Gasteiger partial charge in [-0.1, -0.05) is 0 Å². The van der Waals surface area contributed by atoms with Crippen LogP contribution in [-0.4, -0.2) is 26.4 Å². The van der Waals surface area contributed by atoms with Crippen molar-refractivity contribution in [2.75, 3.05) is 5.75 Å². The number of benzene rings is 1. The third-order valence-corrected chi connectivity index (χ3v) is 3.62. The molecular formula is C13H14N2O2S. The Balaban J connectivity index is 1.87. The second kappa shape index (κ2) is 5.73. The fourth-order valence-corrected chi connectivity index (χ4v) is 2.45. The number of rotatable bonds is 5. The van der Waals surface area contributed by atoms with E-state index in [4.69, 9.17) is 5.11 Å². The molecule has 0 aliphatic rings. The highest BCUT2D eigenvalue weighted by Crippen LogP contribution is 2.18. The van der Waals surface area contributed by atoms with Gasteiger partial charge in [0, 0.05) is 29.6 Å². The third kappa shape index (κ3) is 3.13. The third-order valence-electron chi connectivity index (χ3n) is 2.63. The van der Waals surface area contributed by atoms with Crippen molar-refractivity contribution in [3.05, 3.63) is 48.0 Å². The summed E-state index contributed by atoms with van der Waals surface area (Å²) < 4.78 is 2.10. The quantitative estimate of drug-likeness (QED) is 0.842. The summed E-state index contributed by atoms with van der Waals surface area (Å²) in [5.41, 5.74) is 0.324. The van der Waals surface area contributed by atoms with Crippen molar-refractivity contribution in [3.63, 3.8) is 0 Å². The van der Waals surface area contributed by atoms with E-state index in [9.17, 15) is 4.79 Å². The monoisotopic (exact) mass is 262 g/mol. The largest absolute Gasteiger partial charge is 0.478 e. The molecule has 0 atom stereocenters. The number of aromatic carboxylic acids is 1. The molecule has 5 heteroatoms. The molecule has 1 aromatic heterocycles. The standard InChI is InChI=1S/C13H14N2O2S/c1-10-14-6-7-15(10)8-9-18-12-4-2-11(3-5-12)13(16)17/h2-7H,8-9H2,1H3,(H,16,17). The van der Waals surface area contributed by atoms with Crippen LogP contribution < -0.4 is 0 Å². The number of thioether (sulfide) groups is 1. The molecule has 0 aliphatic heterocycles. The van der Waals surface area contributed by atoms with Gasteiger partial charge in [-0.3, -0.25) is 0 Å². The van der Waals surface area contributed by atoms with Crippen LogP contribution in [0.3, 0.4) is 0 Å². The average Bonchev–Trinajstić information content (AvgIpc) is 2.76. The van der Waals surface area contributed by atoms with Gasteiger partial charge in [-0.25, -0.2) is 9.78 Å². The first-order valence-electron chi connectivity index (χ1n) is 5.61. The van der Waals surface area contributed by atoms with Gasteiger partial charge in [0.1, 0.15) is 5.82 Å². The van der Waals surface area contributed by atoms with E-state index in [0.717, 1.165) is 23.0 Å². The first-order valence-corrected chi connectivity index (χ1v) is 6.59. The molecular weight excluding hydrogens is 248 g/mol. The predicted octanol–water partition coefficient (Wildman–Crippen LogP) is 2.68. The number of aryl methyl sites for hydroxylation is 2. The van der Waals surface area contributed by atoms with Gasteiger partial charge in [-0.15, -0.1) is 11.8 Å². The van der Waals surface area contributed by atoms with Crippen LogP contribution in [0.15, 0.2) is 41.6 Å². The molecule has 1 aromatic carbocycles. The summed E-state index contributed by atoms with van der Waals surface area (Å²) in [4.78, 5) is 15.9. The Morgan fingerprint density at radius 1 is 1.39 bits per heavy atom. The maximum absolute atomic E-state index is 10.7. The summed E-state index contributed by atoms with van der Waals surface area (Å²) in [7, 11) is 0. The molecule has 0 saturated heterocycles. The van der Waals surface area contributed by atoms with Crippen molar-refractivity contribution in [3.8, 4) is 0 Å². The number of carboxylic acid groups (broad SMARTS) is 1. The minimum atomic E-state index is -0.888. The first-order chi connectivity index (χ1) is 8.66. The Labute approximate surface area is 110 Å². The summed E-state index contributed by atoms with van der Waals surface area (Å²) in [6.45, 7) is 2.88. The number of carboxylic acids is 1. The van der Waals surface area contributed by atoms with Crippen molar-refractivity contribution in [1.29, 1.82) is 0 Å². The topological polar surface area (TPSA) is 55.1 Å². The second-order valence-electron chi connectivity index (χ2n) is 3.85. The lowest BCUT2D eigenvalue weighted by molar-refractivity contribution is 0.0697. The molecule has 0 radical (unpaired) electrons. The zero-order valence-electron chi connectivity index (χ0n) is 10.0. The first kappa shape index (κ1) is 12.7. The van der Waals surface area contributed by atoms with Crippen molar-refractivity contribution < 1.29 is 9.90 Å². The van der Waals surface area contributed by atoms with Crippen LogP contribution >= 0.6 is 11.8 Å². The van der Waals surface area contributed by atoms with Crippen LogP contribution in [0.2, 0.25) is 0 Å². The molecule has 1 N–H and O–H groups in total. The van der Waals surface area contributed by atoms with Crippen LogP contribution in [0.25, 0.3) is 0 Å². The van der Waals surface area contributed by atoms with Gasteiger partial charge < -0.3 is 9.67 Å². The van der Waals surface area contributed by atoms with Gasteiger partial charge in [0.2, 0.25) is 0 Å². The van der Waals surface area contributed by atoms with E-state index in [1.165, 1.54) is 0 Å². The molecule has 0 unspecified atom stereocenters. The molecule has 4 nitrogen and oxygen atoms in total. The van der Waals surface area contributed by atoms with Gasteiger partial charge in [0.15, 0.2) is 0 Å². The van der Waals surface area contributed by atoms with E-state index in [0.29, 0.717) is 5.56 Å². The summed E-state index contributed by atoms with van der Waals surface area (Å²) in [5.74, 6) is 1.06. The number of hydrogen-bond donors (Lipinski definition) is 1. The highest BCUT2D eigenvalue weighted by Gasteiger charge is 2.02. The van der Waals surface area contributed by atoms with Crippen molar-refractivity contribution in [2.45, 2.75) is 18.4 Å². The molecule has 0 aliphatic carbocycles. The number of carbonyl (C=O) groups is 1. The molecule has 0 saturated carbocycles. The van der Waals surface area contributed by atoms with Crippen LogP contribution in [0.5, 0.6) is 0 Å². The maximum Gasteiger partial charge on any atom is 0.335 e. The van der Waals surface area contributed by atoms with Crippen molar-refractivity contribution in [1.82, 2.24) is 9.55 Å². The Morgan fingerprint density at radius 3 is 2.67 bits per heavy atom. The Kier molecular flexibility index (Phi) is 4.04. The van der Waals surface area contributed by atoms with E-state index >= 15 is 0 Å². The minimum absolute atomic E-state index is 0.324. The van der Waals surface area contributed by atoms with Crippen LogP contribution in [0.4, 0.5) is 0 Å². The number of nitrogens with zero attached hydrogens (tertiary/aromatic N) is 2. The summed E-state index contributed by atoms with van der Waals surface area (Å²) in [5, 5.41) is 8.79. The molecule has 0 amide bonds. The van der Waals surface area contributed by atoms with Crippen LogP contribution in [0, 0.1) is 6.92 Å². The Hall–Kier alpha value is -1.75. The molecule has 0 fully saturated rings. The van der Waals surface area contributed by atoms with Gasteiger partial charge in [-0.2, -0.15) is 0 Å². The predicted molar refractivity (Wildman–Crippen MR) is 71.1 cm³/mol. The van der Waals surface area contributed by atoms with E-state index in [1.54, 1.807) is 30.1 Å². The molecule has 0 spiro atoms. The lowest BCUT2D eigenvalue weighted by atomic mass is 10.2. The number of hydrogen-bond acceptors (Lipinski definition) is 3. The van der Waals surface area contributed by atoms with Crippen LogP contribution in [0.1, 0.15) is 16.2 Å². The molecule has 2 rings (SSSR count). The molecule has 0 bridgehead atoms. The zero-order chi connectivity index (χ0) is 13.0. The zero-order valence-corrected chi connectivity index (χ0v) is 10.9. The molecule has 94 valence electrons. The van der Waals surface area contributed by atoms with E-state index in [1.807, 2.05) is 25.3 Å². The maximum atomic E-state index is 10.7. The molecule has 2 aromatic rings. The van der Waals surface area contributed by atoms with Crippen molar-refractivity contribution in [2.24, 2.45) is 0 Å². The van der Waals surface area contributed by atoms with Gasteiger partial charge in [0.05, 0.1) is 5.56 Å². The lowest BCUT2D eigenvalue weighted by Gasteiger charge is -2.05. The summed E-state index contributed by atoms with van der Waals surface area (Å²) >= 11 is 1.71. The highest BCUT2D eigenvalue weighted by molar-refractivity contribution is 7.99. The van der Waals surface area contributed by atoms with E-state index < -0.39 is 5.97 Å². The van der Waals surface area contributed by atoms with Crippen molar-refractivity contribution >= 4 is 17.7 Å². The summed E-state index contributed by atoms with van der Waals surface area (Å²) in [6, 6.07) is 6.95. The summed E-state index contributed by atoms with van der Waals surface area (Å²) in [6.07, 6.45) is 3.76. The normalized spacial score (nSPS) is 10.5.